The topological polar surface area (TPSA) is 37.3 Å². The van der Waals surface area contributed by atoms with Gasteiger partial charge in [0, 0.05) is 0 Å². The van der Waals surface area contributed by atoms with Gasteiger partial charge >= 0.3 is 5.97 Å². The van der Waals surface area contributed by atoms with Gasteiger partial charge in [-0.1, -0.05) is 55.2 Å². The van der Waals surface area contributed by atoms with E-state index in [1.807, 2.05) is 6.92 Å². The Hall–Kier alpha value is 0.200. The van der Waals surface area contributed by atoms with Crippen LogP contribution < -0.4 is 0 Å². The summed E-state index contributed by atoms with van der Waals surface area (Å²) in [7, 11) is 0. The minimum absolute atomic E-state index is 0.112. The molecule has 3 heteroatoms. The molecule has 0 aliphatic rings. The molecule has 2 nitrogen and oxygen atoms in total. The Morgan fingerprint density at radius 3 is 2.29 bits per heavy atom. The molecule has 0 aliphatic heterocycles. The lowest BCUT2D eigenvalue weighted by Gasteiger charge is -2.08. The summed E-state index contributed by atoms with van der Waals surface area (Å²) in [4.78, 5) is 10.7. The van der Waals surface area contributed by atoms with Crippen LogP contribution in [-0.2, 0) is 4.79 Å². The summed E-state index contributed by atoms with van der Waals surface area (Å²) in [6, 6.07) is 0. The van der Waals surface area contributed by atoms with Crippen LogP contribution in [0.5, 0.6) is 0 Å². The van der Waals surface area contributed by atoms with Gasteiger partial charge in [0.15, 0.2) is 0 Å². The van der Waals surface area contributed by atoms with E-state index in [4.69, 9.17) is 5.11 Å². The number of hydrogen-bond donors (Lipinski definition) is 1. The van der Waals surface area contributed by atoms with Crippen LogP contribution in [0.2, 0.25) is 0 Å². The molecule has 1 atom stereocenters. The molecule has 0 saturated carbocycles. The van der Waals surface area contributed by atoms with Gasteiger partial charge in [0.1, 0.15) is 0 Å². The Morgan fingerprint density at radius 1 is 1.21 bits per heavy atom. The van der Waals surface area contributed by atoms with Crippen molar-refractivity contribution in [1.29, 1.82) is 0 Å². The first-order valence-corrected chi connectivity index (χ1v) is 7.03. The first kappa shape index (κ1) is 14.2. The molecule has 0 aliphatic carbocycles. The second-order valence-corrected chi connectivity index (χ2v) is 4.77. The molecule has 0 heterocycles. The van der Waals surface area contributed by atoms with Gasteiger partial charge in [-0.15, -0.1) is 0 Å². The van der Waals surface area contributed by atoms with Crippen molar-refractivity contribution in [2.45, 2.75) is 51.9 Å². The van der Waals surface area contributed by atoms with E-state index in [9.17, 15) is 4.79 Å². The van der Waals surface area contributed by atoms with Crippen molar-refractivity contribution in [3.05, 3.63) is 0 Å². The third kappa shape index (κ3) is 7.59. The second kappa shape index (κ2) is 9.74. The zero-order chi connectivity index (χ0) is 10.8. The van der Waals surface area contributed by atoms with Crippen LogP contribution >= 0.6 is 22.6 Å². The summed E-state index contributed by atoms with van der Waals surface area (Å²) in [6.45, 7) is 1.95. The molecule has 0 rings (SSSR count). The number of carboxylic acid groups (broad SMARTS) is 1. The maximum absolute atomic E-state index is 10.7. The number of hydrogen-bond acceptors (Lipinski definition) is 1. The fourth-order valence-corrected chi connectivity index (χ4v) is 2.06. The Kier molecular flexibility index (Phi) is 9.88. The van der Waals surface area contributed by atoms with Crippen LogP contribution in [0.4, 0.5) is 0 Å². The second-order valence-electron chi connectivity index (χ2n) is 3.69. The zero-order valence-electron chi connectivity index (χ0n) is 8.97. The van der Waals surface area contributed by atoms with Gasteiger partial charge in [0.2, 0.25) is 0 Å². The molecule has 0 saturated heterocycles. The van der Waals surface area contributed by atoms with E-state index < -0.39 is 5.97 Å². The Morgan fingerprint density at radius 2 is 1.79 bits per heavy atom. The third-order valence-electron chi connectivity index (χ3n) is 2.53. The van der Waals surface area contributed by atoms with Crippen LogP contribution in [0.15, 0.2) is 0 Å². The van der Waals surface area contributed by atoms with Gasteiger partial charge in [-0.2, -0.15) is 0 Å². The maximum Gasteiger partial charge on any atom is 0.306 e. The van der Waals surface area contributed by atoms with Crippen LogP contribution in [0.1, 0.15) is 51.9 Å². The van der Waals surface area contributed by atoms with E-state index in [1.54, 1.807) is 0 Å². The quantitative estimate of drug-likeness (QED) is 0.399. The van der Waals surface area contributed by atoms with Crippen molar-refractivity contribution in [2.24, 2.45) is 5.92 Å². The van der Waals surface area contributed by atoms with Crippen molar-refractivity contribution in [3.8, 4) is 0 Å². The molecule has 0 amide bonds. The molecule has 1 N–H and O–H groups in total. The number of carboxylic acids is 1. The SMILES string of the molecule is CCC(CCCCCCCI)C(=O)O. The molecule has 0 bridgehead atoms. The normalized spacial score (nSPS) is 12.7. The molecule has 0 aromatic rings. The monoisotopic (exact) mass is 312 g/mol. The molecule has 1 unspecified atom stereocenters. The highest BCUT2D eigenvalue weighted by molar-refractivity contribution is 14.1. The third-order valence-corrected chi connectivity index (χ3v) is 3.29. The standard InChI is InChI=1S/C11H21IO2/c1-2-10(11(13)14)8-6-4-3-5-7-9-12/h10H,2-9H2,1H3,(H,13,14). The van der Waals surface area contributed by atoms with Crippen molar-refractivity contribution >= 4 is 28.6 Å². The maximum atomic E-state index is 10.7. The highest BCUT2D eigenvalue weighted by atomic mass is 127. The van der Waals surface area contributed by atoms with Crippen molar-refractivity contribution in [2.75, 3.05) is 4.43 Å². The van der Waals surface area contributed by atoms with Crippen LogP contribution in [0.3, 0.4) is 0 Å². The highest BCUT2D eigenvalue weighted by Crippen LogP contribution is 2.14. The number of carbonyl (C=O) groups is 1. The number of aliphatic carboxylic acids is 1. The molecule has 0 aromatic heterocycles. The number of unbranched alkanes of at least 4 members (excludes halogenated alkanes) is 4. The van der Waals surface area contributed by atoms with Gasteiger partial charge in [-0.25, -0.2) is 0 Å². The van der Waals surface area contributed by atoms with Gasteiger partial charge in [0.25, 0.3) is 0 Å². The summed E-state index contributed by atoms with van der Waals surface area (Å²) < 4.78 is 1.24. The van der Waals surface area contributed by atoms with E-state index in [0.717, 1.165) is 19.3 Å². The lowest BCUT2D eigenvalue weighted by Crippen LogP contribution is -2.12. The Bertz CT molecular complexity index is 148. The van der Waals surface area contributed by atoms with Gasteiger partial charge in [-0.3, -0.25) is 4.79 Å². The average Bonchev–Trinajstić information content (AvgIpc) is 2.16. The first-order chi connectivity index (χ1) is 6.72. The Balaban J connectivity index is 3.29. The molecule has 0 fully saturated rings. The van der Waals surface area contributed by atoms with E-state index in [0.29, 0.717) is 0 Å². The van der Waals surface area contributed by atoms with Gasteiger partial charge in [-0.05, 0) is 23.7 Å². The molecular formula is C11H21IO2. The lowest BCUT2D eigenvalue weighted by atomic mass is 9.98. The number of rotatable bonds is 9. The molecule has 0 spiro atoms. The summed E-state index contributed by atoms with van der Waals surface area (Å²) in [5.74, 6) is -0.737. The lowest BCUT2D eigenvalue weighted by molar-refractivity contribution is -0.142. The minimum Gasteiger partial charge on any atom is -0.481 e. The summed E-state index contributed by atoms with van der Waals surface area (Å²) in [5.41, 5.74) is 0. The van der Waals surface area contributed by atoms with E-state index in [2.05, 4.69) is 22.6 Å². The van der Waals surface area contributed by atoms with Crippen LogP contribution in [-0.4, -0.2) is 15.5 Å². The molecule has 84 valence electrons. The molecule has 14 heavy (non-hydrogen) atoms. The van der Waals surface area contributed by atoms with Crippen LogP contribution in [0.25, 0.3) is 0 Å². The van der Waals surface area contributed by atoms with Crippen LogP contribution in [0, 0.1) is 5.92 Å². The summed E-state index contributed by atoms with van der Waals surface area (Å²) >= 11 is 2.40. The molecule has 0 radical (unpaired) electrons. The summed E-state index contributed by atoms with van der Waals surface area (Å²) in [5, 5.41) is 8.81. The molecule has 0 aromatic carbocycles. The fraction of sp³-hybridized carbons (Fsp3) is 0.909. The first-order valence-electron chi connectivity index (χ1n) is 5.51. The van der Waals surface area contributed by atoms with Crippen molar-refractivity contribution in [3.63, 3.8) is 0 Å². The largest absolute Gasteiger partial charge is 0.481 e. The van der Waals surface area contributed by atoms with E-state index in [1.165, 1.54) is 30.1 Å². The predicted molar refractivity (Wildman–Crippen MR) is 68.0 cm³/mol. The predicted octanol–water partition coefficient (Wildman–Crippen LogP) is 3.87. The zero-order valence-corrected chi connectivity index (χ0v) is 11.1. The van der Waals surface area contributed by atoms with E-state index >= 15 is 0 Å². The average molecular weight is 312 g/mol. The Labute approximate surface area is 101 Å². The summed E-state index contributed by atoms with van der Waals surface area (Å²) in [6.07, 6.45) is 7.76. The minimum atomic E-state index is -0.625. The highest BCUT2D eigenvalue weighted by Gasteiger charge is 2.13. The van der Waals surface area contributed by atoms with Crippen molar-refractivity contribution < 1.29 is 9.90 Å². The smallest absolute Gasteiger partial charge is 0.306 e. The number of alkyl halides is 1. The van der Waals surface area contributed by atoms with E-state index in [-0.39, 0.29) is 5.92 Å². The number of halogens is 1. The fourth-order valence-electron chi connectivity index (χ4n) is 1.52. The van der Waals surface area contributed by atoms with Gasteiger partial charge < -0.3 is 5.11 Å². The van der Waals surface area contributed by atoms with Gasteiger partial charge in [0.05, 0.1) is 5.92 Å². The van der Waals surface area contributed by atoms with Crippen molar-refractivity contribution in [1.82, 2.24) is 0 Å². The molecular weight excluding hydrogens is 291 g/mol.